The second-order valence-electron chi connectivity index (χ2n) is 7.24. The molecule has 2 aromatic carbocycles. The van der Waals surface area contributed by atoms with Gasteiger partial charge in [-0.2, -0.15) is 0 Å². The minimum Gasteiger partial charge on any atom is -0.343 e. The molecule has 0 saturated carbocycles. The van der Waals surface area contributed by atoms with Gasteiger partial charge in [0.05, 0.1) is 28.2 Å². The van der Waals surface area contributed by atoms with Crippen LogP contribution in [0.5, 0.6) is 0 Å². The monoisotopic (exact) mass is 446 g/mol. The van der Waals surface area contributed by atoms with Crippen LogP contribution in [0.15, 0.2) is 47.3 Å². The highest BCUT2D eigenvalue weighted by molar-refractivity contribution is 6.36. The van der Waals surface area contributed by atoms with Crippen LogP contribution in [0.25, 0.3) is 11.0 Å². The second-order valence-corrected chi connectivity index (χ2v) is 8.08. The van der Waals surface area contributed by atoms with Crippen molar-refractivity contribution < 1.29 is 9.59 Å². The van der Waals surface area contributed by atoms with Crippen LogP contribution in [0.2, 0.25) is 10.0 Å². The van der Waals surface area contributed by atoms with Crippen molar-refractivity contribution >= 4 is 46.0 Å². The van der Waals surface area contributed by atoms with E-state index in [4.69, 9.17) is 23.2 Å². The van der Waals surface area contributed by atoms with Crippen molar-refractivity contribution in [3.63, 3.8) is 0 Å². The summed E-state index contributed by atoms with van der Waals surface area (Å²) in [6.45, 7) is 0.926. The van der Waals surface area contributed by atoms with Crippen LogP contribution in [0.4, 0.5) is 0 Å². The smallest absolute Gasteiger partial charge is 0.326 e. The average molecular weight is 447 g/mol. The number of benzene rings is 2. The quantitative estimate of drug-likeness (QED) is 0.644. The summed E-state index contributed by atoms with van der Waals surface area (Å²) in [7, 11) is 0. The highest BCUT2D eigenvalue weighted by atomic mass is 35.5. The predicted molar refractivity (Wildman–Crippen MR) is 116 cm³/mol. The average Bonchev–Trinajstić information content (AvgIpc) is 3.07. The molecule has 0 bridgehead atoms. The highest BCUT2D eigenvalue weighted by Gasteiger charge is 2.26. The number of amides is 2. The first-order chi connectivity index (χ1) is 14.4. The van der Waals surface area contributed by atoms with E-state index in [1.54, 1.807) is 15.5 Å². The first-order valence-corrected chi connectivity index (χ1v) is 10.4. The lowest BCUT2D eigenvalue weighted by atomic mass is 10.0. The number of likely N-dealkylation sites (tertiary alicyclic amines) is 1. The number of imidazole rings is 1. The van der Waals surface area contributed by atoms with Crippen molar-refractivity contribution in [2.75, 3.05) is 19.6 Å². The van der Waals surface area contributed by atoms with E-state index in [-0.39, 0.29) is 34.8 Å². The molecule has 1 saturated heterocycles. The summed E-state index contributed by atoms with van der Waals surface area (Å²) >= 11 is 11.9. The molecule has 0 aliphatic carbocycles. The molecule has 1 aromatic heterocycles. The van der Waals surface area contributed by atoms with Crippen LogP contribution >= 0.6 is 23.2 Å². The maximum Gasteiger partial charge on any atom is 0.326 e. The number of piperidine rings is 1. The van der Waals surface area contributed by atoms with Gasteiger partial charge in [-0.05, 0) is 43.2 Å². The summed E-state index contributed by atoms with van der Waals surface area (Å²) in [6, 6.07) is 12.2. The molecule has 4 rings (SSSR count). The molecular formula is C21H20Cl2N4O3. The van der Waals surface area contributed by atoms with Gasteiger partial charge < -0.3 is 15.2 Å². The van der Waals surface area contributed by atoms with Crippen molar-refractivity contribution in [3.05, 3.63) is 68.6 Å². The number of rotatable bonds is 4. The van der Waals surface area contributed by atoms with E-state index < -0.39 is 5.91 Å². The molecule has 2 N–H and O–H groups in total. The molecule has 1 aliphatic rings. The molecule has 1 aliphatic heterocycles. The number of hydrogen-bond donors (Lipinski definition) is 2. The van der Waals surface area contributed by atoms with Gasteiger partial charge in [0, 0.05) is 24.2 Å². The Morgan fingerprint density at radius 1 is 1.10 bits per heavy atom. The van der Waals surface area contributed by atoms with E-state index in [1.807, 2.05) is 24.3 Å². The molecule has 0 spiro atoms. The molecule has 7 nitrogen and oxygen atoms in total. The number of fused-ring (bicyclic) bond motifs is 1. The fourth-order valence-electron chi connectivity index (χ4n) is 3.85. The first-order valence-electron chi connectivity index (χ1n) is 9.64. The van der Waals surface area contributed by atoms with E-state index in [2.05, 4.69) is 10.3 Å². The van der Waals surface area contributed by atoms with Gasteiger partial charge >= 0.3 is 5.69 Å². The minimum atomic E-state index is -0.426. The van der Waals surface area contributed by atoms with Crippen molar-refractivity contribution in [1.82, 2.24) is 19.8 Å². The summed E-state index contributed by atoms with van der Waals surface area (Å²) in [5.41, 5.74) is 1.82. The Morgan fingerprint density at radius 2 is 1.83 bits per heavy atom. The lowest BCUT2D eigenvalue weighted by molar-refractivity contribution is -0.131. The third-order valence-corrected chi connectivity index (χ3v) is 5.93. The minimum absolute atomic E-state index is 0.0279. The summed E-state index contributed by atoms with van der Waals surface area (Å²) in [6.07, 6.45) is 1.34. The Balaban J connectivity index is 1.35. The Bertz CT molecular complexity index is 1160. The van der Waals surface area contributed by atoms with Gasteiger partial charge in [0.1, 0.15) is 0 Å². The van der Waals surface area contributed by atoms with Gasteiger partial charge in [-0.1, -0.05) is 35.3 Å². The third kappa shape index (κ3) is 4.08. The van der Waals surface area contributed by atoms with Crippen molar-refractivity contribution in [2.24, 2.45) is 0 Å². The van der Waals surface area contributed by atoms with E-state index in [9.17, 15) is 14.4 Å². The number of H-pyrrole nitrogens is 1. The zero-order chi connectivity index (χ0) is 21.3. The zero-order valence-corrected chi connectivity index (χ0v) is 17.5. The van der Waals surface area contributed by atoms with E-state index in [0.717, 1.165) is 11.0 Å². The largest absolute Gasteiger partial charge is 0.343 e. The zero-order valence-electron chi connectivity index (χ0n) is 16.0. The molecule has 30 heavy (non-hydrogen) atoms. The molecule has 0 atom stereocenters. The number of aromatic amines is 1. The summed E-state index contributed by atoms with van der Waals surface area (Å²) in [5, 5.41) is 3.28. The number of halogens is 2. The lowest BCUT2D eigenvalue weighted by Crippen LogP contribution is -2.45. The number of nitrogens with zero attached hydrogens (tertiary/aromatic N) is 2. The molecule has 2 amide bonds. The van der Waals surface area contributed by atoms with Crippen molar-refractivity contribution in [1.29, 1.82) is 0 Å². The topological polar surface area (TPSA) is 87.2 Å². The van der Waals surface area contributed by atoms with Crippen LogP contribution in [-0.4, -0.2) is 45.9 Å². The van der Waals surface area contributed by atoms with Crippen LogP contribution in [0.1, 0.15) is 29.2 Å². The van der Waals surface area contributed by atoms with E-state index in [1.165, 1.54) is 12.1 Å². The predicted octanol–water partition coefficient (Wildman–Crippen LogP) is 3.23. The van der Waals surface area contributed by atoms with Crippen molar-refractivity contribution in [3.8, 4) is 0 Å². The van der Waals surface area contributed by atoms with Crippen LogP contribution in [-0.2, 0) is 4.79 Å². The summed E-state index contributed by atoms with van der Waals surface area (Å²) < 4.78 is 1.78. The van der Waals surface area contributed by atoms with Gasteiger partial charge in [0.15, 0.2) is 0 Å². The summed E-state index contributed by atoms with van der Waals surface area (Å²) in [5.74, 6) is -0.594. The number of carbonyl (C=O) groups is 2. The Hall–Kier alpha value is -2.77. The van der Waals surface area contributed by atoms with E-state index >= 15 is 0 Å². The Morgan fingerprint density at radius 3 is 2.57 bits per heavy atom. The molecular weight excluding hydrogens is 427 g/mol. The number of para-hydroxylation sites is 2. The normalized spacial score (nSPS) is 14.8. The van der Waals surface area contributed by atoms with Gasteiger partial charge in [-0.25, -0.2) is 4.79 Å². The molecule has 3 aromatic rings. The molecule has 1 fully saturated rings. The fraction of sp³-hybridized carbons (Fsp3) is 0.286. The Kier molecular flexibility index (Phi) is 5.83. The van der Waals surface area contributed by atoms with Gasteiger partial charge in [0.2, 0.25) is 5.91 Å². The molecule has 156 valence electrons. The maximum atomic E-state index is 12.5. The first kappa shape index (κ1) is 20.5. The van der Waals surface area contributed by atoms with Gasteiger partial charge in [0.25, 0.3) is 5.91 Å². The standard InChI is InChI=1S/C21H20Cl2N4O3/c22-13-5-6-15(16(23)11-13)20(29)24-12-19(28)26-9-7-14(8-10-26)27-18-4-2-1-3-17(18)25-21(27)30/h1-6,11,14H,7-10,12H2,(H,24,29)(H,25,30). The van der Waals surface area contributed by atoms with Crippen LogP contribution in [0, 0.1) is 0 Å². The molecule has 0 unspecified atom stereocenters. The van der Waals surface area contributed by atoms with Gasteiger partial charge in [-0.3, -0.25) is 14.2 Å². The van der Waals surface area contributed by atoms with Crippen molar-refractivity contribution in [2.45, 2.75) is 18.9 Å². The SMILES string of the molecule is O=C(NCC(=O)N1CCC(n2c(=O)[nH]c3ccccc32)CC1)c1ccc(Cl)cc1Cl. The van der Waals surface area contributed by atoms with Crippen LogP contribution < -0.4 is 11.0 Å². The highest BCUT2D eigenvalue weighted by Crippen LogP contribution is 2.25. The number of carbonyl (C=O) groups excluding carboxylic acids is 2. The molecule has 2 heterocycles. The number of aromatic nitrogens is 2. The van der Waals surface area contributed by atoms with Crippen LogP contribution in [0.3, 0.4) is 0 Å². The lowest BCUT2D eigenvalue weighted by Gasteiger charge is -2.32. The van der Waals surface area contributed by atoms with Gasteiger partial charge in [-0.15, -0.1) is 0 Å². The fourth-order valence-corrected chi connectivity index (χ4v) is 4.34. The number of hydrogen-bond acceptors (Lipinski definition) is 3. The molecule has 9 heteroatoms. The second kappa shape index (κ2) is 8.53. The third-order valence-electron chi connectivity index (χ3n) is 5.38. The maximum absolute atomic E-state index is 12.5. The number of nitrogens with one attached hydrogen (secondary N) is 2. The van der Waals surface area contributed by atoms with E-state index in [0.29, 0.717) is 31.0 Å². The Labute approximate surface area is 182 Å². The molecule has 0 radical (unpaired) electrons. The summed E-state index contributed by atoms with van der Waals surface area (Å²) in [4.78, 5) is 41.8.